The largest absolute Gasteiger partial charge is 0.507 e. The molecule has 0 saturated carbocycles. The van der Waals surface area contributed by atoms with Crippen LogP contribution in [0.1, 0.15) is 31.9 Å². The number of hydrogen-bond acceptors (Lipinski definition) is 4. The van der Waals surface area contributed by atoms with Crippen LogP contribution in [0, 0.1) is 5.92 Å². The van der Waals surface area contributed by atoms with Crippen LogP contribution >= 0.6 is 0 Å². The summed E-state index contributed by atoms with van der Waals surface area (Å²) in [6.07, 6.45) is 0.788. The minimum atomic E-state index is -0.240. The smallest absolute Gasteiger partial charge is 0.131 e. The maximum atomic E-state index is 9.98. The van der Waals surface area contributed by atoms with Crippen molar-refractivity contribution in [2.24, 2.45) is 11.7 Å². The first kappa shape index (κ1) is 13.6. The number of methoxy groups -OCH3 is 2. The number of aromatic hydroxyl groups is 1. The molecule has 0 spiro atoms. The van der Waals surface area contributed by atoms with Crippen LogP contribution in [-0.4, -0.2) is 19.3 Å². The van der Waals surface area contributed by atoms with Gasteiger partial charge in [-0.3, -0.25) is 0 Å². The van der Waals surface area contributed by atoms with E-state index in [1.165, 1.54) is 0 Å². The molecule has 1 aromatic rings. The third-order valence-corrected chi connectivity index (χ3v) is 2.65. The Hall–Kier alpha value is -1.42. The van der Waals surface area contributed by atoms with Gasteiger partial charge in [0.05, 0.1) is 19.8 Å². The van der Waals surface area contributed by atoms with Crippen LogP contribution in [0.4, 0.5) is 0 Å². The van der Waals surface area contributed by atoms with Gasteiger partial charge in [0.2, 0.25) is 0 Å². The number of nitrogens with two attached hydrogens (primary N) is 1. The summed E-state index contributed by atoms with van der Waals surface area (Å²) in [5, 5.41) is 9.98. The molecule has 0 bridgehead atoms. The van der Waals surface area contributed by atoms with Crippen molar-refractivity contribution in [3.63, 3.8) is 0 Å². The quantitative estimate of drug-likeness (QED) is 0.828. The molecule has 0 radical (unpaired) electrons. The first-order valence-electron chi connectivity index (χ1n) is 5.70. The maximum absolute atomic E-state index is 9.98. The van der Waals surface area contributed by atoms with Gasteiger partial charge in [-0.05, 0) is 12.3 Å². The molecule has 0 amide bonds. The lowest BCUT2D eigenvalue weighted by Crippen LogP contribution is -2.14. The summed E-state index contributed by atoms with van der Waals surface area (Å²) in [5.74, 6) is 1.69. The Kier molecular flexibility index (Phi) is 4.63. The second-order valence-electron chi connectivity index (χ2n) is 4.50. The number of hydrogen-bond donors (Lipinski definition) is 2. The molecular weight excluding hydrogens is 218 g/mol. The lowest BCUT2D eigenvalue weighted by atomic mass is 9.96. The molecule has 4 nitrogen and oxygen atoms in total. The van der Waals surface area contributed by atoms with E-state index in [-0.39, 0.29) is 11.8 Å². The van der Waals surface area contributed by atoms with E-state index in [1.807, 2.05) is 0 Å². The van der Waals surface area contributed by atoms with Crippen LogP contribution in [0.3, 0.4) is 0 Å². The molecule has 0 aliphatic carbocycles. The molecule has 1 rings (SSSR count). The van der Waals surface area contributed by atoms with Crippen LogP contribution in [0.2, 0.25) is 0 Å². The normalized spacial score (nSPS) is 12.6. The highest BCUT2D eigenvalue weighted by Gasteiger charge is 2.19. The Labute approximate surface area is 102 Å². The van der Waals surface area contributed by atoms with Gasteiger partial charge < -0.3 is 20.3 Å². The van der Waals surface area contributed by atoms with Crippen LogP contribution in [-0.2, 0) is 0 Å². The Morgan fingerprint density at radius 1 is 1.24 bits per heavy atom. The Balaban J connectivity index is 3.13. The standard InChI is InChI=1S/C13H21NO3/c1-8(2)5-10(14)13-11(15)6-9(16-3)7-12(13)17-4/h6-8,10,15H,5,14H2,1-4H3/t10-/m1/s1. The van der Waals surface area contributed by atoms with Crippen LogP contribution < -0.4 is 15.2 Å². The molecule has 3 N–H and O–H groups in total. The summed E-state index contributed by atoms with van der Waals surface area (Å²) >= 11 is 0. The zero-order valence-corrected chi connectivity index (χ0v) is 10.9. The van der Waals surface area contributed by atoms with E-state index < -0.39 is 0 Å². The zero-order chi connectivity index (χ0) is 13.0. The highest BCUT2D eigenvalue weighted by atomic mass is 16.5. The lowest BCUT2D eigenvalue weighted by molar-refractivity contribution is 0.369. The van der Waals surface area contributed by atoms with Gasteiger partial charge in [0.1, 0.15) is 17.2 Å². The molecule has 4 heteroatoms. The van der Waals surface area contributed by atoms with Gasteiger partial charge in [-0.15, -0.1) is 0 Å². The van der Waals surface area contributed by atoms with Crippen LogP contribution in [0.5, 0.6) is 17.2 Å². The van der Waals surface area contributed by atoms with Crippen LogP contribution in [0.15, 0.2) is 12.1 Å². The number of phenols is 1. The fourth-order valence-electron chi connectivity index (χ4n) is 1.87. The molecule has 0 heterocycles. The molecule has 1 atom stereocenters. The molecule has 1 aromatic carbocycles. The number of phenolic OH excluding ortho intramolecular Hbond substituents is 1. The van der Waals surface area contributed by atoms with E-state index in [2.05, 4.69) is 13.8 Å². The summed E-state index contributed by atoms with van der Waals surface area (Å²) in [6, 6.07) is 3.05. The lowest BCUT2D eigenvalue weighted by Gasteiger charge is -2.19. The van der Waals surface area contributed by atoms with Crippen molar-refractivity contribution in [3.05, 3.63) is 17.7 Å². The van der Waals surface area contributed by atoms with E-state index in [1.54, 1.807) is 26.4 Å². The summed E-state index contributed by atoms with van der Waals surface area (Å²) in [6.45, 7) is 4.18. The minimum Gasteiger partial charge on any atom is -0.507 e. The molecule has 17 heavy (non-hydrogen) atoms. The van der Waals surface area contributed by atoms with Gasteiger partial charge in [-0.1, -0.05) is 13.8 Å². The van der Waals surface area contributed by atoms with E-state index in [9.17, 15) is 5.11 Å². The molecule has 0 unspecified atom stereocenters. The second-order valence-corrected chi connectivity index (χ2v) is 4.50. The average molecular weight is 239 g/mol. The fraction of sp³-hybridized carbons (Fsp3) is 0.538. The predicted octanol–water partition coefficient (Wildman–Crippen LogP) is 2.46. The van der Waals surface area contributed by atoms with Crippen molar-refractivity contribution in [2.45, 2.75) is 26.3 Å². The van der Waals surface area contributed by atoms with Crippen LogP contribution in [0.25, 0.3) is 0 Å². The highest BCUT2D eigenvalue weighted by Crippen LogP contribution is 2.38. The van der Waals surface area contributed by atoms with E-state index in [4.69, 9.17) is 15.2 Å². The Bertz CT molecular complexity index is 377. The van der Waals surface area contributed by atoms with Crippen molar-refractivity contribution in [2.75, 3.05) is 14.2 Å². The highest BCUT2D eigenvalue weighted by molar-refractivity contribution is 5.51. The summed E-state index contributed by atoms with van der Waals surface area (Å²) in [4.78, 5) is 0. The number of benzene rings is 1. The first-order valence-corrected chi connectivity index (χ1v) is 5.70. The summed E-state index contributed by atoms with van der Waals surface area (Å²) in [5.41, 5.74) is 6.72. The summed E-state index contributed by atoms with van der Waals surface area (Å²) < 4.78 is 10.3. The van der Waals surface area contributed by atoms with Crippen molar-refractivity contribution < 1.29 is 14.6 Å². The maximum Gasteiger partial charge on any atom is 0.131 e. The van der Waals surface area contributed by atoms with Gasteiger partial charge in [0.25, 0.3) is 0 Å². The molecule has 0 aliphatic rings. The average Bonchev–Trinajstić information content (AvgIpc) is 2.26. The van der Waals surface area contributed by atoms with E-state index >= 15 is 0 Å². The Morgan fingerprint density at radius 3 is 2.35 bits per heavy atom. The van der Waals surface area contributed by atoms with Gasteiger partial charge in [-0.2, -0.15) is 0 Å². The molecule has 0 fully saturated rings. The monoisotopic (exact) mass is 239 g/mol. The molecular formula is C13H21NO3. The molecule has 0 aliphatic heterocycles. The SMILES string of the molecule is COc1cc(O)c([C@H](N)CC(C)C)c(OC)c1. The van der Waals surface area contributed by atoms with Gasteiger partial charge in [0.15, 0.2) is 0 Å². The van der Waals surface area contributed by atoms with E-state index in [0.29, 0.717) is 23.0 Å². The number of ether oxygens (including phenoxy) is 2. The van der Waals surface area contributed by atoms with Crippen molar-refractivity contribution in [1.82, 2.24) is 0 Å². The van der Waals surface area contributed by atoms with Crippen molar-refractivity contribution in [1.29, 1.82) is 0 Å². The topological polar surface area (TPSA) is 64.7 Å². The predicted molar refractivity (Wildman–Crippen MR) is 67.6 cm³/mol. The van der Waals surface area contributed by atoms with Crippen molar-refractivity contribution in [3.8, 4) is 17.2 Å². The first-order chi connectivity index (χ1) is 7.99. The minimum absolute atomic E-state index is 0.120. The number of rotatable bonds is 5. The summed E-state index contributed by atoms with van der Waals surface area (Å²) in [7, 11) is 3.10. The zero-order valence-electron chi connectivity index (χ0n) is 10.9. The van der Waals surface area contributed by atoms with Crippen molar-refractivity contribution >= 4 is 0 Å². The van der Waals surface area contributed by atoms with Gasteiger partial charge >= 0.3 is 0 Å². The molecule has 0 saturated heterocycles. The molecule has 0 aromatic heterocycles. The molecule has 96 valence electrons. The fourth-order valence-corrected chi connectivity index (χ4v) is 1.87. The third-order valence-electron chi connectivity index (χ3n) is 2.65. The third kappa shape index (κ3) is 3.27. The Morgan fingerprint density at radius 2 is 1.88 bits per heavy atom. The second kappa shape index (κ2) is 5.77. The van der Waals surface area contributed by atoms with E-state index in [0.717, 1.165) is 6.42 Å². The van der Waals surface area contributed by atoms with Gasteiger partial charge in [0, 0.05) is 18.2 Å². The van der Waals surface area contributed by atoms with Gasteiger partial charge in [-0.25, -0.2) is 0 Å².